The average Bonchev–Trinajstić information content (AvgIpc) is 3.32. The summed E-state index contributed by atoms with van der Waals surface area (Å²) in [4.78, 5) is 23.7. The van der Waals surface area contributed by atoms with E-state index in [1.54, 1.807) is 30.6 Å². The minimum absolute atomic E-state index is 0.0419. The predicted molar refractivity (Wildman–Crippen MR) is 118 cm³/mol. The van der Waals surface area contributed by atoms with Crippen molar-refractivity contribution in [2.45, 2.75) is 32.6 Å². The van der Waals surface area contributed by atoms with Gasteiger partial charge >= 0.3 is 6.18 Å². The van der Waals surface area contributed by atoms with E-state index in [9.17, 15) is 18.0 Å². The number of rotatable bonds is 5. The second-order valence-corrected chi connectivity index (χ2v) is 8.25. The molecule has 0 bridgehead atoms. The predicted octanol–water partition coefficient (Wildman–Crippen LogP) is 4.79. The Morgan fingerprint density at radius 1 is 1.18 bits per heavy atom. The summed E-state index contributed by atoms with van der Waals surface area (Å²) in [6.45, 7) is 3.59. The van der Waals surface area contributed by atoms with Crippen LogP contribution < -0.4 is 5.73 Å². The van der Waals surface area contributed by atoms with Gasteiger partial charge < -0.3 is 10.6 Å². The summed E-state index contributed by atoms with van der Waals surface area (Å²) in [5, 5.41) is 9.53. The van der Waals surface area contributed by atoms with Gasteiger partial charge in [0.05, 0.1) is 35.0 Å². The first kappa shape index (κ1) is 22.6. The summed E-state index contributed by atoms with van der Waals surface area (Å²) in [5.74, 6) is 0.0924. The van der Waals surface area contributed by atoms with Crippen molar-refractivity contribution in [3.63, 3.8) is 0 Å². The number of hydrogen-bond acceptors (Lipinski definition) is 7. The molecule has 170 valence electrons. The van der Waals surface area contributed by atoms with Crippen LogP contribution in [0.15, 0.2) is 47.3 Å². The third-order valence-electron chi connectivity index (χ3n) is 5.24. The molecule has 0 aliphatic heterocycles. The highest BCUT2D eigenvalue weighted by molar-refractivity contribution is 7.07. The number of amides is 1. The maximum atomic E-state index is 13.5. The molecular weight excluding hydrogens is 453 g/mol. The summed E-state index contributed by atoms with van der Waals surface area (Å²) in [6.07, 6.45) is -4.59. The SMILES string of the molecule is Cc1cc2cc(C(=O)N(Cc3ccc(C(F)(F)F)nn3)C(C)c3cscn3)ccc2nc1N. The van der Waals surface area contributed by atoms with Crippen LogP contribution in [0.3, 0.4) is 0 Å². The van der Waals surface area contributed by atoms with Crippen molar-refractivity contribution in [2.75, 3.05) is 5.73 Å². The van der Waals surface area contributed by atoms with Crippen molar-refractivity contribution in [1.29, 1.82) is 0 Å². The molecule has 7 nitrogen and oxygen atoms in total. The highest BCUT2D eigenvalue weighted by atomic mass is 32.1. The number of benzene rings is 1. The van der Waals surface area contributed by atoms with E-state index >= 15 is 0 Å². The third-order valence-corrected chi connectivity index (χ3v) is 5.85. The smallest absolute Gasteiger partial charge is 0.383 e. The lowest BCUT2D eigenvalue weighted by atomic mass is 10.1. The number of alkyl halides is 3. The average molecular weight is 472 g/mol. The zero-order valence-corrected chi connectivity index (χ0v) is 18.5. The quantitative estimate of drug-likeness (QED) is 0.448. The Balaban J connectivity index is 1.69. The molecule has 0 aliphatic rings. The number of carbonyl (C=O) groups is 1. The van der Waals surface area contributed by atoms with E-state index in [1.807, 2.05) is 18.4 Å². The summed E-state index contributed by atoms with van der Waals surface area (Å²) in [5.41, 5.74) is 9.18. The Morgan fingerprint density at radius 2 is 1.97 bits per heavy atom. The van der Waals surface area contributed by atoms with Crippen molar-refractivity contribution >= 4 is 34.0 Å². The molecular formula is C22H19F3N6OS. The van der Waals surface area contributed by atoms with Crippen molar-refractivity contribution in [3.8, 4) is 0 Å². The Morgan fingerprint density at radius 3 is 2.61 bits per heavy atom. The molecule has 0 saturated carbocycles. The van der Waals surface area contributed by atoms with E-state index < -0.39 is 17.9 Å². The second-order valence-electron chi connectivity index (χ2n) is 7.53. The van der Waals surface area contributed by atoms with Gasteiger partial charge in [-0.2, -0.15) is 18.3 Å². The van der Waals surface area contributed by atoms with Gasteiger partial charge in [0.2, 0.25) is 0 Å². The van der Waals surface area contributed by atoms with Gasteiger partial charge in [-0.1, -0.05) is 0 Å². The minimum atomic E-state index is -4.59. The number of fused-ring (bicyclic) bond motifs is 1. The van der Waals surface area contributed by atoms with E-state index in [2.05, 4.69) is 20.2 Å². The molecule has 1 amide bonds. The number of aryl methyl sites for hydroxylation is 1. The fourth-order valence-electron chi connectivity index (χ4n) is 3.34. The van der Waals surface area contributed by atoms with E-state index in [4.69, 9.17) is 5.73 Å². The van der Waals surface area contributed by atoms with E-state index in [1.165, 1.54) is 22.3 Å². The van der Waals surface area contributed by atoms with Crippen LogP contribution in [0.4, 0.5) is 19.0 Å². The lowest BCUT2D eigenvalue weighted by molar-refractivity contribution is -0.141. The van der Waals surface area contributed by atoms with Gasteiger partial charge in [-0.25, -0.2) is 9.97 Å². The molecule has 1 atom stereocenters. The highest BCUT2D eigenvalue weighted by Gasteiger charge is 2.33. The number of pyridine rings is 1. The van der Waals surface area contributed by atoms with Gasteiger partial charge in [0.15, 0.2) is 5.69 Å². The summed E-state index contributed by atoms with van der Waals surface area (Å²) >= 11 is 1.39. The monoisotopic (exact) mass is 472 g/mol. The molecule has 3 heterocycles. The number of hydrogen-bond donors (Lipinski definition) is 1. The van der Waals surface area contributed by atoms with E-state index in [0.29, 0.717) is 22.6 Å². The van der Waals surface area contributed by atoms with Gasteiger partial charge in [-0.05, 0) is 55.8 Å². The summed E-state index contributed by atoms with van der Waals surface area (Å²) in [6, 6.07) is 8.55. The molecule has 0 fully saturated rings. The first-order valence-corrected chi connectivity index (χ1v) is 10.8. The first-order chi connectivity index (χ1) is 15.6. The first-order valence-electron chi connectivity index (χ1n) is 9.89. The molecule has 11 heteroatoms. The Bertz CT molecular complexity index is 1290. The van der Waals surface area contributed by atoms with Gasteiger partial charge in [-0.15, -0.1) is 16.4 Å². The Kier molecular flexibility index (Phi) is 5.98. The molecule has 3 aromatic heterocycles. The normalized spacial score (nSPS) is 12.6. The lowest BCUT2D eigenvalue weighted by Crippen LogP contribution is -2.34. The molecule has 4 rings (SSSR count). The number of aromatic nitrogens is 4. The van der Waals surface area contributed by atoms with Crippen LogP contribution in [0, 0.1) is 6.92 Å². The van der Waals surface area contributed by atoms with Crippen LogP contribution in [-0.2, 0) is 12.7 Å². The molecule has 0 saturated heterocycles. The number of halogens is 3. The summed E-state index contributed by atoms with van der Waals surface area (Å²) in [7, 11) is 0. The fourth-order valence-corrected chi connectivity index (χ4v) is 3.98. The maximum absolute atomic E-state index is 13.5. The Hall–Kier alpha value is -3.60. The van der Waals surface area contributed by atoms with Gasteiger partial charge in [0, 0.05) is 16.3 Å². The molecule has 0 spiro atoms. The number of nitrogens with two attached hydrogens (primary N) is 1. The minimum Gasteiger partial charge on any atom is -0.383 e. The van der Waals surface area contributed by atoms with E-state index in [-0.39, 0.29) is 18.1 Å². The number of nitrogen functional groups attached to an aromatic ring is 1. The number of thiazole rings is 1. The molecule has 1 unspecified atom stereocenters. The third kappa shape index (κ3) is 4.77. The van der Waals surface area contributed by atoms with Crippen molar-refractivity contribution in [1.82, 2.24) is 25.1 Å². The fraction of sp³-hybridized carbons (Fsp3) is 0.227. The maximum Gasteiger partial charge on any atom is 0.435 e. The van der Waals surface area contributed by atoms with Crippen molar-refractivity contribution < 1.29 is 18.0 Å². The van der Waals surface area contributed by atoms with Crippen LogP contribution in [0.1, 0.15) is 46.0 Å². The number of carbonyl (C=O) groups excluding carboxylic acids is 1. The lowest BCUT2D eigenvalue weighted by Gasteiger charge is -2.28. The van der Waals surface area contributed by atoms with Crippen LogP contribution in [0.5, 0.6) is 0 Å². The zero-order chi connectivity index (χ0) is 23.8. The molecule has 33 heavy (non-hydrogen) atoms. The van der Waals surface area contributed by atoms with Crippen molar-refractivity contribution in [2.24, 2.45) is 0 Å². The van der Waals surface area contributed by atoms with Crippen LogP contribution >= 0.6 is 11.3 Å². The van der Waals surface area contributed by atoms with E-state index in [0.717, 1.165) is 17.0 Å². The van der Waals surface area contributed by atoms with Crippen LogP contribution in [0.25, 0.3) is 10.9 Å². The molecule has 0 radical (unpaired) electrons. The van der Waals surface area contributed by atoms with Crippen LogP contribution in [0.2, 0.25) is 0 Å². The van der Waals surface area contributed by atoms with Gasteiger partial charge in [0.25, 0.3) is 5.91 Å². The molecule has 4 aromatic rings. The number of nitrogens with zero attached hydrogens (tertiary/aromatic N) is 5. The second kappa shape index (κ2) is 8.74. The van der Waals surface area contributed by atoms with Crippen LogP contribution in [-0.4, -0.2) is 31.0 Å². The topological polar surface area (TPSA) is 97.9 Å². The highest BCUT2D eigenvalue weighted by Crippen LogP contribution is 2.28. The zero-order valence-electron chi connectivity index (χ0n) is 17.7. The van der Waals surface area contributed by atoms with Gasteiger partial charge in [-0.3, -0.25) is 4.79 Å². The molecule has 1 aromatic carbocycles. The largest absolute Gasteiger partial charge is 0.435 e. The standard InChI is InChI=1S/C22H19F3N6OS/c1-12-7-15-8-14(3-5-17(15)28-20(12)26)21(32)31(13(2)18-10-33-11-27-18)9-16-4-6-19(30-29-16)22(23,24)25/h3-8,10-11,13H,9H2,1-2H3,(H2,26,28). The molecule has 2 N–H and O–H groups in total. The molecule has 0 aliphatic carbocycles. The van der Waals surface area contributed by atoms with Crippen molar-refractivity contribution in [3.05, 3.63) is 75.5 Å². The Labute approximate surface area is 191 Å². The van der Waals surface area contributed by atoms with Gasteiger partial charge in [0.1, 0.15) is 5.82 Å². The summed E-state index contributed by atoms with van der Waals surface area (Å²) < 4.78 is 38.5. The number of anilines is 1.